The van der Waals surface area contributed by atoms with Crippen LogP contribution in [0.25, 0.3) is 6.20 Å². The maximum atomic E-state index is 13.4. The molecule has 3 atom stereocenters. The average Bonchev–Trinajstić information content (AvgIpc) is 3.56. The quantitative estimate of drug-likeness (QED) is 0.229. The molecule has 8 nitrogen and oxygen atoms in total. The molecule has 3 N–H and O–H groups in total. The molecule has 1 saturated carbocycles. The van der Waals surface area contributed by atoms with Gasteiger partial charge in [0.1, 0.15) is 5.56 Å². The number of hydrogen-bond acceptors (Lipinski definition) is 5. The number of carbonyl (C=O) groups is 2. The summed E-state index contributed by atoms with van der Waals surface area (Å²) in [6, 6.07) is -0.147. The number of ether oxygens (including phenoxy) is 1. The van der Waals surface area contributed by atoms with Gasteiger partial charge < -0.3 is 20.5 Å². The Morgan fingerprint density at radius 3 is 2.49 bits per heavy atom. The lowest BCUT2D eigenvalue weighted by molar-refractivity contribution is -0.122. The van der Waals surface area contributed by atoms with Crippen molar-refractivity contribution in [3.8, 4) is 5.88 Å². The lowest BCUT2D eigenvalue weighted by Gasteiger charge is -2.27. The number of aliphatic hydroxyl groups is 1. The Kier molecular flexibility index (Phi) is 13.5. The highest BCUT2D eigenvalue weighted by molar-refractivity contribution is 5.96. The van der Waals surface area contributed by atoms with Gasteiger partial charge in [-0.1, -0.05) is 66.7 Å². The molecule has 1 aliphatic carbocycles. The third-order valence-electron chi connectivity index (χ3n) is 7.86. The van der Waals surface area contributed by atoms with E-state index in [0.29, 0.717) is 36.3 Å². The summed E-state index contributed by atoms with van der Waals surface area (Å²) in [5.41, 5.74) is -0.231. The Hall–Kier alpha value is -2.35. The monoisotopic (exact) mass is 546 g/mol. The largest absolute Gasteiger partial charge is 0.477 e. The van der Waals surface area contributed by atoms with Gasteiger partial charge in [-0.15, -0.1) is 0 Å². The molecule has 8 heteroatoms. The third-order valence-corrected chi connectivity index (χ3v) is 7.86. The molecule has 0 bridgehead atoms. The van der Waals surface area contributed by atoms with E-state index in [4.69, 9.17) is 4.74 Å². The van der Waals surface area contributed by atoms with Gasteiger partial charge in [0.05, 0.1) is 18.3 Å². The van der Waals surface area contributed by atoms with Crippen LogP contribution in [0.15, 0.2) is 12.3 Å². The molecule has 1 fully saturated rings. The minimum Gasteiger partial charge on any atom is -0.477 e. The Morgan fingerprint density at radius 1 is 1.21 bits per heavy atom. The van der Waals surface area contributed by atoms with E-state index in [2.05, 4.69) is 29.6 Å². The first kappa shape index (κ1) is 32.9. The Morgan fingerprint density at radius 2 is 1.90 bits per heavy atom. The maximum Gasteiger partial charge on any atom is 0.258 e. The number of nitrogens with one attached hydrogen (secondary N) is 2. The van der Waals surface area contributed by atoms with E-state index in [9.17, 15) is 14.7 Å². The highest BCUT2D eigenvalue weighted by Gasteiger charge is 2.27. The fourth-order valence-electron chi connectivity index (χ4n) is 5.21. The zero-order valence-electron chi connectivity index (χ0n) is 25.5. The second-order valence-electron chi connectivity index (χ2n) is 12.5. The normalized spacial score (nSPS) is 16.9. The average molecular weight is 547 g/mol. The summed E-state index contributed by atoms with van der Waals surface area (Å²) < 4.78 is 7.63. The molecule has 1 aromatic rings. The molecule has 0 aliphatic heterocycles. The van der Waals surface area contributed by atoms with Crippen LogP contribution in [0.5, 0.6) is 5.88 Å². The van der Waals surface area contributed by atoms with Gasteiger partial charge in [-0.05, 0) is 56.9 Å². The summed E-state index contributed by atoms with van der Waals surface area (Å²) in [4.78, 5) is 26.0. The van der Waals surface area contributed by atoms with Crippen molar-refractivity contribution >= 4 is 18.0 Å². The van der Waals surface area contributed by atoms with Crippen LogP contribution < -0.4 is 15.4 Å². The highest BCUT2D eigenvalue weighted by atomic mass is 16.5. The van der Waals surface area contributed by atoms with Gasteiger partial charge in [-0.2, -0.15) is 5.10 Å². The van der Waals surface area contributed by atoms with Crippen molar-refractivity contribution in [2.75, 3.05) is 13.2 Å². The fourth-order valence-corrected chi connectivity index (χ4v) is 5.21. The predicted octanol–water partition coefficient (Wildman–Crippen LogP) is 5.81. The van der Waals surface area contributed by atoms with Crippen LogP contribution in [0.2, 0.25) is 0 Å². The number of aromatic nitrogens is 2. The highest BCUT2D eigenvalue weighted by Crippen LogP contribution is 2.28. The van der Waals surface area contributed by atoms with Gasteiger partial charge in [0.2, 0.25) is 11.8 Å². The molecule has 2 unspecified atom stereocenters. The van der Waals surface area contributed by atoms with Crippen LogP contribution in [0.3, 0.4) is 0 Å². The Labute approximate surface area is 236 Å². The summed E-state index contributed by atoms with van der Waals surface area (Å²) >= 11 is 0. The van der Waals surface area contributed by atoms with E-state index in [1.807, 2.05) is 40.7 Å². The topological polar surface area (TPSA) is 105 Å². The van der Waals surface area contributed by atoms with Gasteiger partial charge in [-0.25, -0.2) is 4.68 Å². The molecule has 1 aromatic heterocycles. The standard InChI is InChI=1S/C31H54N4O4/c1-8-23(5)18-25(20-36)27(9-2)33-29(38)26-19-32-35(30(26)39-21-22(3)4)17-16-31(6,7)34-28(37)15-14-24-12-10-11-13-24/h16-17,19,22-25,27,36H,8-15,18,20-21H2,1-7H3,(H,33,38)(H,34,37)/b17-16+/t23?,25?,27-/m0/s1. The molecular weight excluding hydrogens is 492 g/mol. The summed E-state index contributed by atoms with van der Waals surface area (Å²) in [7, 11) is 0. The predicted molar refractivity (Wildman–Crippen MR) is 157 cm³/mol. The lowest BCUT2D eigenvalue weighted by atomic mass is 9.87. The Balaban J connectivity index is 2.14. The number of hydrogen-bond donors (Lipinski definition) is 3. The summed E-state index contributed by atoms with van der Waals surface area (Å²) in [6.07, 6.45) is 14.3. The van der Waals surface area contributed by atoms with Crippen molar-refractivity contribution < 1.29 is 19.4 Å². The van der Waals surface area contributed by atoms with E-state index in [0.717, 1.165) is 25.7 Å². The third kappa shape index (κ3) is 11.0. The molecule has 1 aliphatic rings. The molecule has 0 spiro atoms. The van der Waals surface area contributed by atoms with E-state index >= 15 is 0 Å². The first-order valence-corrected chi connectivity index (χ1v) is 15.1. The van der Waals surface area contributed by atoms with Crippen LogP contribution in [0.4, 0.5) is 0 Å². The van der Waals surface area contributed by atoms with Crippen LogP contribution in [-0.4, -0.2) is 51.5 Å². The molecule has 1 heterocycles. The van der Waals surface area contributed by atoms with Crippen molar-refractivity contribution in [3.05, 3.63) is 17.8 Å². The molecular formula is C31H54N4O4. The fraction of sp³-hybridized carbons (Fsp3) is 0.774. The lowest BCUT2D eigenvalue weighted by Crippen LogP contribution is -2.42. The van der Waals surface area contributed by atoms with Crippen molar-refractivity contribution in [2.45, 2.75) is 118 Å². The molecule has 222 valence electrons. The molecule has 0 saturated heterocycles. The van der Waals surface area contributed by atoms with Crippen LogP contribution in [0.1, 0.15) is 117 Å². The molecule has 39 heavy (non-hydrogen) atoms. The van der Waals surface area contributed by atoms with E-state index in [1.54, 1.807) is 10.9 Å². The number of nitrogens with zero attached hydrogens (tertiary/aromatic N) is 2. The summed E-state index contributed by atoms with van der Waals surface area (Å²) in [5.74, 6) is 1.56. The molecule has 2 amide bonds. The zero-order valence-corrected chi connectivity index (χ0v) is 25.5. The van der Waals surface area contributed by atoms with Gasteiger partial charge in [-0.3, -0.25) is 9.59 Å². The van der Waals surface area contributed by atoms with Gasteiger partial charge in [0.25, 0.3) is 5.91 Å². The second kappa shape index (κ2) is 16.0. The second-order valence-corrected chi connectivity index (χ2v) is 12.5. The minimum atomic E-state index is -0.589. The van der Waals surface area contributed by atoms with Crippen molar-refractivity contribution in [3.63, 3.8) is 0 Å². The number of aliphatic hydroxyl groups excluding tert-OH is 1. The van der Waals surface area contributed by atoms with Crippen LogP contribution >= 0.6 is 0 Å². The summed E-state index contributed by atoms with van der Waals surface area (Å²) in [6.45, 7) is 14.8. The van der Waals surface area contributed by atoms with E-state index in [-0.39, 0.29) is 36.3 Å². The van der Waals surface area contributed by atoms with Crippen molar-refractivity contribution in [2.24, 2.45) is 23.7 Å². The molecule has 0 aromatic carbocycles. The SMILES string of the molecule is CCC(C)CC(CO)[C@H](CC)NC(=O)c1cnn(/C=C/C(C)(C)NC(=O)CCC2CCCC2)c1OCC(C)C. The van der Waals surface area contributed by atoms with Crippen molar-refractivity contribution in [1.82, 2.24) is 20.4 Å². The van der Waals surface area contributed by atoms with E-state index < -0.39 is 5.54 Å². The number of rotatable bonds is 17. The summed E-state index contributed by atoms with van der Waals surface area (Å²) in [5, 5.41) is 20.7. The minimum absolute atomic E-state index is 0.0121. The number of amides is 2. The van der Waals surface area contributed by atoms with Gasteiger partial charge in [0.15, 0.2) is 0 Å². The van der Waals surface area contributed by atoms with Crippen molar-refractivity contribution in [1.29, 1.82) is 0 Å². The van der Waals surface area contributed by atoms with Crippen LogP contribution in [-0.2, 0) is 4.79 Å². The first-order chi connectivity index (χ1) is 18.5. The Bertz CT molecular complexity index is 918. The van der Waals surface area contributed by atoms with Gasteiger partial charge in [0, 0.05) is 31.2 Å². The smallest absolute Gasteiger partial charge is 0.258 e. The van der Waals surface area contributed by atoms with Crippen LogP contribution in [0, 0.1) is 23.7 Å². The maximum absolute atomic E-state index is 13.4. The zero-order chi connectivity index (χ0) is 29.0. The molecule has 0 radical (unpaired) electrons. The first-order valence-electron chi connectivity index (χ1n) is 15.1. The number of carbonyl (C=O) groups excluding carboxylic acids is 2. The van der Waals surface area contributed by atoms with Gasteiger partial charge >= 0.3 is 0 Å². The molecule has 2 rings (SSSR count). The van der Waals surface area contributed by atoms with E-state index in [1.165, 1.54) is 31.9 Å².